The van der Waals surface area contributed by atoms with Gasteiger partial charge in [0.05, 0.1) is 0 Å². The van der Waals surface area contributed by atoms with E-state index < -0.39 is 0 Å². The second-order valence-electron chi connectivity index (χ2n) is 5.45. The Bertz CT molecular complexity index is 158. The molecule has 0 saturated heterocycles. The summed E-state index contributed by atoms with van der Waals surface area (Å²) in [7, 11) is 8.31. The fraction of sp³-hybridized carbons (Fsp3) is 0.857. The van der Waals surface area contributed by atoms with Crippen LogP contribution in [0.3, 0.4) is 0 Å². The molecule has 0 aromatic heterocycles. The molecule has 2 nitrogen and oxygen atoms in total. The number of nitrogens with zero attached hydrogens (tertiary/aromatic N) is 2. The summed E-state index contributed by atoms with van der Waals surface area (Å²) in [5.41, 5.74) is 0. The molecule has 1 aliphatic rings. The summed E-state index contributed by atoms with van der Waals surface area (Å²) < 4.78 is 0. The second-order valence-corrected chi connectivity index (χ2v) is 5.45. The summed E-state index contributed by atoms with van der Waals surface area (Å²) in [5, 5.41) is 0. The predicted octanol–water partition coefficient (Wildman–Crippen LogP) is 2.57. The Balaban J connectivity index is -0.000000282. The normalized spacial score (nSPS) is 22.7. The third kappa shape index (κ3) is 15.6. The molecule has 0 bridgehead atoms. The number of hydrogen-bond donors (Lipinski definition) is 0. The summed E-state index contributed by atoms with van der Waals surface area (Å²) in [6.45, 7) is 9.87. The summed E-state index contributed by atoms with van der Waals surface area (Å²) in [6, 6.07) is 0. The van der Waals surface area contributed by atoms with E-state index in [2.05, 4.69) is 32.8 Å². The van der Waals surface area contributed by atoms with Crippen LogP contribution in [0, 0.1) is 56.8 Å². The third-order valence-corrected chi connectivity index (χ3v) is 3.04. The Kier molecular flexibility index (Phi) is 20.4. The minimum absolute atomic E-state index is 0. The van der Waals surface area contributed by atoms with E-state index in [1.807, 2.05) is 19.0 Å². The Hall–Kier alpha value is 1.56. The SMILES string of the molecule is [CH2-]C1CCC(CN(C)C)CC1.[CH2-]CN(C)C.[U].[V+2]. The Morgan fingerprint density at radius 1 is 0.944 bits per heavy atom. The van der Waals surface area contributed by atoms with Gasteiger partial charge in [0.1, 0.15) is 0 Å². The molecule has 18 heavy (non-hydrogen) atoms. The van der Waals surface area contributed by atoms with Crippen LogP contribution in [0.25, 0.3) is 0 Å². The predicted molar refractivity (Wildman–Crippen MR) is 73.3 cm³/mol. The van der Waals surface area contributed by atoms with Gasteiger partial charge in [-0.25, -0.2) is 0 Å². The summed E-state index contributed by atoms with van der Waals surface area (Å²) >= 11 is 0. The van der Waals surface area contributed by atoms with Gasteiger partial charge in [0, 0.05) is 37.7 Å². The van der Waals surface area contributed by atoms with E-state index >= 15 is 0 Å². The molecule has 105 valence electrons. The van der Waals surface area contributed by atoms with Crippen molar-refractivity contribution in [1.82, 2.24) is 9.80 Å². The van der Waals surface area contributed by atoms with Gasteiger partial charge in [0.15, 0.2) is 0 Å². The molecule has 0 amide bonds. The molecule has 0 aliphatic heterocycles. The zero-order chi connectivity index (χ0) is 12.6. The van der Waals surface area contributed by atoms with Crippen molar-refractivity contribution in [3.05, 3.63) is 13.8 Å². The molecule has 0 aromatic rings. The van der Waals surface area contributed by atoms with Crippen molar-refractivity contribution in [3.63, 3.8) is 0 Å². The van der Waals surface area contributed by atoms with E-state index in [-0.39, 0.29) is 49.7 Å². The van der Waals surface area contributed by atoms with E-state index in [9.17, 15) is 0 Å². The first-order valence-electron chi connectivity index (χ1n) is 6.37. The summed E-state index contributed by atoms with van der Waals surface area (Å²) in [6.07, 6.45) is 5.48. The van der Waals surface area contributed by atoms with E-state index in [4.69, 9.17) is 0 Å². The van der Waals surface area contributed by atoms with Crippen molar-refractivity contribution in [2.24, 2.45) is 11.8 Å². The van der Waals surface area contributed by atoms with Crippen molar-refractivity contribution in [2.75, 3.05) is 41.3 Å². The molecule has 1 fully saturated rings. The molecule has 0 aromatic carbocycles. The molecule has 0 unspecified atom stereocenters. The topological polar surface area (TPSA) is 6.48 Å². The quantitative estimate of drug-likeness (QED) is 0.534. The molecule has 1 saturated carbocycles. The maximum Gasteiger partial charge on any atom is 2.00 e. The van der Waals surface area contributed by atoms with Crippen LogP contribution in [-0.2, 0) is 18.6 Å². The van der Waals surface area contributed by atoms with Crippen LogP contribution in [0.15, 0.2) is 0 Å². The van der Waals surface area contributed by atoms with Gasteiger partial charge in [0.2, 0.25) is 0 Å². The van der Waals surface area contributed by atoms with Gasteiger partial charge in [-0.3, -0.25) is 0 Å². The first-order chi connectivity index (χ1) is 7.45. The second kappa shape index (κ2) is 15.0. The molecule has 0 heterocycles. The van der Waals surface area contributed by atoms with Crippen LogP contribution in [0.4, 0.5) is 0 Å². The zero-order valence-corrected chi connectivity index (χ0v) is 18.2. The van der Waals surface area contributed by atoms with Crippen LogP contribution in [0.1, 0.15) is 25.7 Å². The van der Waals surface area contributed by atoms with Crippen LogP contribution < -0.4 is 0 Å². The van der Waals surface area contributed by atoms with E-state index in [0.717, 1.165) is 18.4 Å². The molecule has 4 heteroatoms. The van der Waals surface area contributed by atoms with Crippen LogP contribution >= 0.6 is 0 Å². The molecule has 0 spiro atoms. The largest absolute Gasteiger partial charge is 2.00 e. The van der Waals surface area contributed by atoms with Crippen molar-refractivity contribution in [1.29, 1.82) is 0 Å². The van der Waals surface area contributed by atoms with E-state index in [1.54, 1.807) is 0 Å². The van der Waals surface area contributed by atoms with Gasteiger partial charge in [0.25, 0.3) is 0 Å². The fourth-order valence-corrected chi connectivity index (χ4v) is 1.93. The monoisotopic (exact) mass is 515 g/mol. The Morgan fingerprint density at radius 3 is 1.61 bits per heavy atom. The minimum atomic E-state index is 0. The molecular formula is C14H30N2UV. The average molecular weight is 515 g/mol. The summed E-state index contributed by atoms with van der Waals surface area (Å²) in [4.78, 5) is 4.31. The molecule has 1 radical (unpaired) electrons. The Labute approximate surface area is 151 Å². The van der Waals surface area contributed by atoms with Gasteiger partial charge >= 0.3 is 18.6 Å². The van der Waals surface area contributed by atoms with Crippen molar-refractivity contribution in [3.8, 4) is 0 Å². The smallest absolute Gasteiger partial charge is 0.340 e. The molecular weight excluding hydrogens is 485 g/mol. The first-order valence-corrected chi connectivity index (χ1v) is 6.37. The average Bonchev–Trinajstić information content (AvgIpc) is 2.22. The van der Waals surface area contributed by atoms with Crippen molar-refractivity contribution in [2.45, 2.75) is 25.7 Å². The zero-order valence-electron chi connectivity index (χ0n) is 12.7. The van der Waals surface area contributed by atoms with E-state index in [1.165, 1.54) is 32.2 Å². The molecule has 0 atom stereocenters. The first kappa shape index (κ1) is 24.6. The maximum atomic E-state index is 4.10. The minimum Gasteiger partial charge on any atom is -0.340 e. The van der Waals surface area contributed by atoms with Crippen LogP contribution in [0.2, 0.25) is 0 Å². The fourth-order valence-electron chi connectivity index (χ4n) is 1.93. The van der Waals surface area contributed by atoms with Gasteiger partial charge < -0.3 is 23.6 Å². The van der Waals surface area contributed by atoms with Gasteiger partial charge in [-0.05, 0) is 34.1 Å². The molecule has 1 rings (SSSR count). The third-order valence-electron chi connectivity index (χ3n) is 3.04. The van der Waals surface area contributed by atoms with Crippen molar-refractivity contribution < 1.29 is 49.7 Å². The summed E-state index contributed by atoms with van der Waals surface area (Å²) in [5.74, 6) is 1.69. The maximum absolute atomic E-state index is 4.10. The van der Waals surface area contributed by atoms with Crippen LogP contribution in [0.5, 0.6) is 0 Å². The standard InChI is InChI=1S/C10H20N.C4H10N.U.V/c1-9-4-6-10(7-5-9)8-11(2)3;1-4-5(2)3;;/h9-10H,1,4-8H2,2-3H3;1,4H2,2-3H3;;/q2*-1;;+2. The number of hydrogen-bond acceptors (Lipinski definition) is 2. The van der Waals surface area contributed by atoms with Gasteiger partial charge in [-0.2, -0.15) is 5.92 Å². The molecule has 0 N–H and O–H groups in total. The molecule has 1 aliphatic carbocycles. The Morgan fingerprint density at radius 2 is 1.33 bits per heavy atom. The van der Waals surface area contributed by atoms with Crippen LogP contribution in [-0.4, -0.2) is 51.1 Å². The van der Waals surface area contributed by atoms with Gasteiger partial charge in [-0.1, -0.05) is 25.7 Å². The number of rotatable bonds is 3. The van der Waals surface area contributed by atoms with Crippen molar-refractivity contribution >= 4 is 0 Å². The van der Waals surface area contributed by atoms with E-state index in [0.29, 0.717) is 0 Å². The van der Waals surface area contributed by atoms with Gasteiger partial charge in [-0.15, -0.1) is 6.54 Å².